The van der Waals surface area contributed by atoms with Crippen molar-refractivity contribution in [1.29, 1.82) is 0 Å². The average Bonchev–Trinajstić information content (AvgIpc) is 2.54. The van der Waals surface area contributed by atoms with Crippen molar-refractivity contribution in [2.45, 2.75) is 29.8 Å². The highest BCUT2D eigenvalue weighted by Crippen LogP contribution is 2.29. The predicted octanol–water partition coefficient (Wildman–Crippen LogP) is 3.04. The fraction of sp³-hybridized carbons (Fsp3) is 0.312. The van der Waals surface area contributed by atoms with Crippen LogP contribution in [0.15, 0.2) is 41.8 Å². The molecule has 1 saturated heterocycles. The van der Waals surface area contributed by atoms with Crippen molar-refractivity contribution in [3.63, 3.8) is 0 Å². The molecule has 3 rings (SSSR count). The van der Waals surface area contributed by atoms with Gasteiger partial charge in [0.25, 0.3) is 0 Å². The molecule has 23 heavy (non-hydrogen) atoms. The number of hydrogen-bond donors (Lipinski definition) is 0. The first kappa shape index (κ1) is 15.9. The van der Waals surface area contributed by atoms with Gasteiger partial charge in [-0.05, 0) is 25.0 Å². The minimum Gasteiger partial charge on any atom is -0.337 e. The van der Waals surface area contributed by atoms with Crippen LogP contribution in [-0.2, 0) is 11.3 Å². The zero-order valence-electron chi connectivity index (χ0n) is 12.3. The van der Waals surface area contributed by atoms with Crippen LogP contribution in [-0.4, -0.2) is 32.6 Å². The van der Waals surface area contributed by atoms with Crippen molar-refractivity contribution >= 4 is 17.7 Å². The maximum atomic E-state index is 13.8. The molecule has 0 radical (unpaired) electrons. The molecule has 1 aliphatic rings. The molecule has 0 unspecified atom stereocenters. The van der Waals surface area contributed by atoms with E-state index in [4.69, 9.17) is 0 Å². The summed E-state index contributed by atoms with van der Waals surface area (Å²) in [6.07, 6.45) is 4.84. The SMILES string of the molecule is O=C1[C@@H](Sc2ncccn2)CCCN1Cc1ccc(F)cc1F. The molecule has 4 nitrogen and oxygen atoms in total. The van der Waals surface area contributed by atoms with E-state index in [0.29, 0.717) is 17.3 Å². The van der Waals surface area contributed by atoms with Crippen molar-refractivity contribution in [2.24, 2.45) is 0 Å². The summed E-state index contributed by atoms with van der Waals surface area (Å²) in [7, 11) is 0. The molecule has 7 heteroatoms. The van der Waals surface area contributed by atoms with E-state index in [-0.39, 0.29) is 17.7 Å². The van der Waals surface area contributed by atoms with E-state index < -0.39 is 11.6 Å². The monoisotopic (exact) mass is 335 g/mol. The van der Waals surface area contributed by atoms with Crippen LogP contribution in [0.4, 0.5) is 8.78 Å². The third kappa shape index (κ3) is 3.85. The van der Waals surface area contributed by atoms with Crippen LogP contribution in [0.2, 0.25) is 0 Å². The summed E-state index contributed by atoms with van der Waals surface area (Å²) in [4.78, 5) is 22.4. The maximum absolute atomic E-state index is 13.8. The van der Waals surface area contributed by atoms with Crippen molar-refractivity contribution in [1.82, 2.24) is 14.9 Å². The number of piperidine rings is 1. The molecule has 1 aromatic heterocycles. The quantitative estimate of drug-likeness (QED) is 0.806. The van der Waals surface area contributed by atoms with E-state index in [1.165, 1.54) is 23.9 Å². The Labute approximate surface area is 136 Å². The fourth-order valence-electron chi connectivity index (χ4n) is 2.50. The number of thioether (sulfide) groups is 1. The molecule has 0 N–H and O–H groups in total. The zero-order valence-corrected chi connectivity index (χ0v) is 13.1. The number of halogens is 2. The Morgan fingerprint density at radius 1 is 1.26 bits per heavy atom. The third-order valence-electron chi connectivity index (χ3n) is 3.65. The Balaban J connectivity index is 1.69. The highest BCUT2D eigenvalue weighted by atomic mass is 32.2. The lowest BCUT2D eigenvalue weighted by Crippen LogP contribution is -2.42. The van der Waals surface area contributed by atoms with Gasteiger partial charge in [0.1, 0.15) is 11.6 Å². The second-order valence-electron chi connectivity index (χ2n) is 5.28. The lowest BCUT2D eigenvalue weighted by atomic mass is 10.1. The van der Waals surface area contributed by atoms with Crippen LogP contribution in [0.25, 0.3) is 0 Å². The topological polar surface area (TPSA) is 46.1 Å². The minimum atomic E-state index is -0.626. The van der Waals surface area contributed by atoms with Crippen molar-refractivity contribution in [3.05, 3.63) is 53.9 Å². The molecule has 0 aliphatic carbocycles. The first-order valence-electron chi connectivity index (χ1n) is 7.30. The summed E-state index contributed by atoms with van der Waals surface area (Å²) in [5, 5.41) is 0.287. The largest absolute Gasteiger partial charge is 0.337 e. The molecule has 1 aliphatic heterocycles. The molecular weight excluding hydrogens is 320 g/mol. The lowest BCUT2D eigenvalue weighted by molar-refractivity contribution is -0.133. The number of amides is 1. The molecule has 1 aromatic carbocycles. The van der Waals surface area contributed by atoms with E-state index in [1.807, 2.05) is 0 Å². The van der Waals surface area contributed by atoms with Gasteiger partial charge in [0.05, 0.1) is 5.25 Å². The molecule has 1 amide bonds. The molecule has 0 saturated carbocycles. The summed E-state index contributed by atoms with van der Waals surface area (Å²) in [6.45, 7) is 0.722. The summed E-state index contributed by atoms with van der Waals surface area (Å²) < 4.78 is 26.7. The number of aromatic nitrogens is 2. The number of rotatable bonds is 4. The van der Waals surface area contributed by atoms with Crippen LogP contribution in [0.5, 0.6) is 0 Å². The third-order valence-corrected chi connectivity index (χ3v) is 4.79. The predicted molar refractivity (Wildman–Crippen MR) is 82.7 cm³/mol. The van der Waals surface area contributed by atoms with E-state index in [0.717, 1.165) is 18.9 Å². The van der Waals surface area contributed by atoms with Gasteiger partial charge in [0.15, 0.2) is 5.16 Å². The second kappa shape index (κ2) is 7.04. The normalized spacial score (nSPS) is 18.3. The minimum absolute atomic E-state index is 0.0579. The molecule has 120 valence electrons. The Bertz CT molecular complexity index is 699. The van der Waals surface area contributed by atoms with Gasteiger partial charge in [-0.1, -0.05) is 17.8 Å². The van der Waals surface area contributed by atoms with Crippen LogP contribution in [0, 0.1) is 11.6 Å². The Hall–Kier alpha value is -2.02. The van der Waals surface area contributed by atoms with E-state index in [1.54, 1.807) is 23.4 Å². The Morgan fingerprint density at radius 3 is 2.78 bits per heavy atom. The highest BCUT2D eigenvalue weighted by Gasteiger charge is 2.30. The van der Waals surface area contributed by atoms with Gasteiger partial charge in [0, 0.05) is 37.1 Å². The van der Waals surface area contributed by atoms with Gasteiger partial charge in [-0.15, -0.1) is 0 Å². The van der Waals surface area contributed by atoms with Gasteiger partial charge in [-0.2, -0.15) is 0 Å². The van der Waals surface area contributed by atoms with Crippen LogP contribution >= 0.6 is 11.8 Å². The van der Waals surface area contributed by atoms with Gasteiger partial charge in [0.2, 0.25) is 5.91 Å². The number of nitrogens with zero attached hydrogens (tertiary/aromatic N) is 3. The lowest BCUT2D eigenvalue weighted by Gasteiger charge is -2.31. The summed E-state index contributed by atoms with van der Waals surface area (Å²) in [6, 6.07) is 5.15. The second-order valence-corrected chi connectivity index (χ2v) is 6.45. The van der Waals surface area contributed by atoms with Crippen LogP contribution in [0.3, 0.4) is 0 Å². The van der Waals surface area contributed by atoms with Crippen molar-refractivity contribution in [2.75, 3.05) is 6.54 Å². The fourth-order valence-corrected chi connectivity index (χ4v) is 3.53. The van der Waals surface area contributed by atoms with Gasteiger partial charge in [-0.25, -0.2) is 18.7 Å². The number of benzene rings is 1. The molecule has 2 aromatic rings. The van der Waals surface area contributed by atoms with Gasteiger partial charge < -0.3 is 4.90 Å². The number of carbonyl (C=O) groups is 1. The molecular formula is C16H15F2N3OS. The van der Waals surface area contributed by atoms with Crippen LogP contribution < -0.4 is 0 Å². The van der Waals surface area contributed by atoms with Gasteiger partial charge in [-0.3, -0.25) is 4.79 Å². The van der Waals surface area contributed by atoms with E-state index in [9.17, 15) is 13.6 Å². The number of carbonyl (C=O) groups excluding carboxylic acids is 1. The summed E-state index contributed by atoms with van der Waals surface area (Å²) in [5.74, 6) is -1.30. The Morgan fingerprint density at radius 2 is 2.04 bits per heavy atom. The van der Waals surface area contributed by atoms with Crippen LogP contribution in [0.1, 0.15) is 18.4 Å². The standard InChI is InChI=1S/C16H15F2N3OS/c17-12-5-4-11(13(18)9-12)10-21-8-1-3-14(15(21)22)23-16-19-6-2-7-20-16/h2,4-7,9,14H,1,3,8,10H2/t14-/m0/s1. The van der Waals surface area contributed by atoms with E-state index >= 15 is 0 Å². The first-order chi connectivity index (χ1) is 11.1. The first-order valence-corrected chi connectivity index (χ1v) is 8.18. The summed E-state index contributed by atoms with van der Waals surface area (Å²) in [5.41, 5.74) is 0.321. The maximum Gasteiger partial charge on any atom is 0.236 e. The van der Waals surface area contributed by atoms with Crippen molar-refractivity contribution in [3.8, 4) is 0 Å². The molecule has 2 heterocycles. The molecule has 1 fully saturated rings. The molecule has 0 spiro atoms. The van der Waals surface area contributed by atoms with Gasteiger partial charge >= 0.3 is 0 Å². The average molecular weight is 335 g/mol. The number of likely N-dealkylation sites (tertiary alicyclic amines) is 1. The van der Waals surface area contributed by atoms with Crippen molar-refractivity contribution < 1.29 is 13.6 Å². The molecule has 1 atom stereocenters. The smallest absolute Gasteiger partial charge is 0.236 e. The Kier molecular flexibility index (Phi) is 4.85. The zero-order chi connectivity index (χ0) is 16.2. The molecule has 0 bridgehead atoms. The summed E-state index contributed by atoms with van der Waals surface area (Å²) >= 11 is 1.33. The van der Waals surface area contributed by atoms with E-state index in [2.05, 4.69) is 9.97 Å². The highest BCUT2D eigenvalue weighted by molar-refractivity contribution is 8.00. The number of hydrogen-bond acceptors (Lipinski definition) is 4.